The van der Waals surface area contributed by atoms with Gasteiger partial charge in [0.05, 0.1) is 12.1 Å². The van der Waals surface area contributed by atoms with E-state index in [9.17, 15) is 14.0 Å². The number of carbonyl (C=O) groups excluding carboxylic acids is 2. The van der Waals surface area contributed by atoms with Crippen molar-refractivity contribution in [3.05, 3.63) is 35.6 Å². The van der Waals surface area contributed by atoms with Gasteiger partial charge in [0.1, 0.15) is 5.82 Å². The van der Waals surface area contributed by atoms with Crippen LogP contribution in [0.15, 0.2) is 24.3 Å². The first-order valence-corrected chi connectivity index (χ1v) is 7.40. The predicted octanol–water partition coefficient (Wildman–Crippen LogP) is 2.25. The molecule has 0 aliphatic heterocycles. The summed E-state index contributed by atoms with van der Waals surface area (Å²) in [5.74, 6) is -0.917. The van der Waals surface area contributed by atoms with E-state index in [-0.39, 0.29) is 24.1 Å². The number of hydrogen-bond donors (Lipinski definition) is 2. The third-order valence-electron chi connectivity index (χ3n) is 3.99. The Bertz CT molecular complexity index is 519. The fourth-order valence-electron chi connectivity index (χ4n) is 2.69. The van der Waals surface area contributed by atoms with E-state index < -0.39 is 11.7 Å². The van der Waals surface area contributed by atoms with Gasteiger partial charge in [-0.2, -0.15) is 0 Å². The summed E-state index contributed by atoms with van der Waals surface area (Å²) in [5.41, 5.74) is -0.0451. The van der Waals surface area contributed by atoms with Crippen LogP contribution < -0.4 is 10.6 Å². The van der Waals surface area contributed by atoms with E-state index in [2.05, 4.69) is 17.6 Å². The molecule has 0 aromatic heterocycles. The minimum absolute atomic E-state index is 0.0451. The number of carbonyl (C=O) groups is 2. The molecule has 2 amide bonds. The van der Waals surface area contributed by atoms with Crippen molar-refractivity contribution < 1.29 is 14.0 Å². The largest absolute Gasteiger partial charge is 0.352 e. The Kier molecular flexibility index (Phi) is 5.31. The first-order chi connectivity index (χ1) is 10.1. The summed E-state index contributed by atoms with van der Waals surface area (Å²) in [7, 11) is 0. The predicted molar refractivity (Wildman–Crippen MR) is 78.3 cm³/mol. The molecule has 5 heteroatoms. The van der Waals surface area contributed by atoms with Crippen molar-refractivity contribution in [1.29, 1.82) is 0 Å². The molecule has 0 saturated heterocycles. The summed E-state index contributed by atoms with van der Waals surface area (Å²) in [6, 6.07) is 5.90. The molecule has 0 bridgehead atoms. The number of benzene rings is 1. The summed E-state index contributed by atoms with van der Waals surface area (Å²) >= 11 is 0. The van der Waals surface area contributed by atoms with Crippen molar-refractivity contribution in [3.63, 3.8) is 0 Å². The lowest BCUT2D eigenvalue weighted by Crippen LogP contribution is -2.45. The molecule has 2 rings (SSSR count). The second-order valence-corrected chi connectivity index (χ2v) is 5.60. The first-order valence-electron chi connectivity index (χ1n) is 7.40. The molecule has 0 spiro atoms. The zero-order chi connectivity index (χ0) is 15.2. The Hall–Kier alpha value is -1.91. The maximum Gasteiger partial charge on any atom is 0.254 e. The Labute approximate surface area is 124 Å². The van der Waals surface area contributed by atoms with Crippen molar-refractivity contribution in [2.24, 2.45) is 5.92 Å². The molecule has 1 aromatic carbocycles. The van der Waals surface area contributed by atoms with E-state index in [1.807, 2.05) is 0 Å². The molecule has 21 heavy (non-hydrogen) atoms. The summed E-state index contributed by atoms with van der Waals surface area (Å²) in [4.78, 5) is 23.7. The lowest BCUT2D eigenvalue weighted by molar-refractivity contribution is -0.121. The van der Waals surface area contributed by atoms with Gasteiger partial charge in [0.15, 0.2) is 0 Å². The third kappa shape index (κ3) is 4.28. The topological polar surface area (TPSA) is 58.2 Å². The lowest BCUT2D eigenvalue weighted by atomic mass is 9.86. The zero-order valence-corrected chi connectivity index (χ0v) is 12.2. The van der Waals surface area contributed by atoms with Crippen LogP contribution in [0.4, 0.5) is 4.39 Å². The van der Waals surface area contributed by atoms with Gasteiger partial charge < -0.3 is 10.6 Å². The summed E-state index contributed by atoms with van der Waals surface area (Å²) in [6.07, 6.45) is 4.43. The summed E-state index contributed by atoms with van der Waals surface area (Å²) < 4.78 is 13.4. The van der Waals surface area contributed by atoms with Crippen LogP contribution in [-0.2, 0) is 4.79 Å². The van der Waals surface area contributed by atoms with E-state index in [0.717, 1.165) is 19.3 Å². The Balaban J connectivity index is 1.81. The van der Waals surface area contributed by atoms with Gasteiger partial charge >= 0.3 is 0 Å². The molecule has 1 saturated carbocycles. The van der Waals surface area contributed by atoms with Crippen molar-refractivity contribution in [1.82, 2.24) is 10.6 Å². The van der Waals surface area contributed by atoms with E-state index in [0.29, 0.717) is 5.92 Å². The average Bonchev–Trinajstić information content (AvgIpc) is 2.48. The molecular formula is C16H21FN2O2. The first kappa shape index (κ1) is 15.5. The quantitative estimate of drug-likeness (QED) is 0.894. The monoisotopic (exact) mass is 292 g/mol. The Morgan fingerprint density at radius 2 is 1.95 bits per heavy atom. The van der Waals surface area contributed by atoms with E-state index in [1.165, 1.54) is 24.6 Å². The SMILES string of the molecule is C[C@@H]1CCCC[C@H]1NC(=O)CNC(=O)c1ccccc1F. The smallest absolute Gasteiger partial charge is 0.254 e. The molecule has 1 fully saturated rings. The lowest BCUT2D eigenvalue weighted by Gasteiger charge is -2.29. The molecule has 0 radical (unpaired) electrons. The molecule has 114 valence electrons. The van der Waals surface area contributed by atoms with Crippen LogP contribution in [-0.4, -0.2) is 24.4 Å². The van der Waals surface area contributed by atoms with Gasteiger partial charge in [0.25, 0.3) is 5.91 Å². The van der Waals surface area contributed by atoms with Gasteiger partial charge in [0, 0.05) is 6.04 Å². The van der Waals surface area contributed by atoms with E-state index >= 15 is 0 Å². The van der Waals surface area contributed by atoms with Gasteiger partial charge in [-0.15, -0.1) is 0 Å². The molecular weight excluding hydrogens is 271 g/mol. The molecule has 0 heterocycles. The van der Waals surface area contributed by atoms with Gasteiger partial charge in [-0.3, -0.25) is 9.59 Å². The second-order valence-electron chi connectivity index (χ2n) is 5.60. The number of nitrogens with one attached hydrogen (secondary N) is 2. The highest BCUT2D eigenvalue weighted by molar-refractivity contribution is 5.96. The third-order valence-corrected chi connectivity index (χ3v) is 3.99. The maximum atomic E-state index is 13.4. The highest BCUT2D eigenvalue weighted by Crippen LogP contribution is 2.23. The molecule has 1 aromatic rings. The van der Waals surface area contributed by atoms with Crippen LogP contribution in [0.25, 0.3) is 0 Å². The molecule has 0 unspecified atom stereocenters. The van der Waals surface area contributed by atoms with E-state index in [4.69, 9.17) is 0 Å². The highest BCUT2D eigenvalue weighted by atomic mass is 19.1. The minimum Gasteiger partial charge on any atom is -0.352 e. The van der Waals surface area contributed by atoms with Gasteiger partial charge in [-0.1, -0.05) is 31.9 Å². The van der Waals surface area contributed by atoms with Crippen molar-refractivity contribution in [3.8, 4) is 0 Å². The number of hydrogen-bond acceptors (Lipinski definition) is 2. The Morgan fingerprint density at radius 1 is 1.24 bits per heavy atom. The molecule has 2 atom stereocenters. The van der Waals surface area contributed by atoms with Crippen LogP contribution >= 0.6 is 0 Å². The molecule has 1 aliphatic rings. The number of halogens is 1. The maximum absolute atomic E-state index is 13.4. The minimum atomic E-state index is -0.587. The average molecular weight is 292 g/mol. The summed E-state index contributed by atoms with van der Waals surface area (Å²) in [6.45, 7) is 2.00. The van der Waals surface area contributed by atoms with Gasteiger partial charge in [-0.25, -0.2) is 4.39 Å². The standard InChI is InChI=1S/C16H21FN2O2/c1-11-6-2-5-9-14(11)19-15(20)10-18-16(21)12-7-3-4-8-13(12)17/h3-4,7-8,11,14H,2,5-6,9-10H2,1H3,(H,18,21)(H,19,20)/t11-,14-/m1/s1. The molecule has 2 N–H and O–H groups in total. The zero-order valence-electron chi connectivity index (χ0n) is 12.2. The van der Waals surface area contributed by atoms with Crippen LogP contribution in [0.2, 0.25) is 0 Å². The van der Waals surface area contributed by atoms with E-state index in [1.54, 1.807) is 6.07 Å². The summed E-state index contributed by atoms with van der Waals surface area (Å²) in [5, 5.41) is 5.40. The molecule has 1 aliphatic carbocycles. The van der Waals surface area contributed by atoms with Crippen molar-refractivity contribution in [2.75, 3.05) is 6.54 Å². The van der Waals surface area contributed by atoms with Crippen molar-refractivity contribution >= 4 is 11.8 Å². The highest BCUT2D eigenvalue weighted by Gasteiger charge is 2.22. The van der Waals surface area contributed by atoms with Crippen LogP contribution in [0.3, 0.4) is 0 Å². The van der Waals surface area contributed by atoms with Crippen molar-refractivity contribution in [2.45, 2.75) is 38.6 Å². The Morgan fingerprint density at radius 3 is 2.67 bits per heavy atom. The van der Waals surface area contributed by atoms with Crippen LogP contribution in [0, 0.1) is 11.7 Å². The number of amides is 2. The van der Waals surface area contributed by atoms with Gasteiger partial charge in [0.2, 0.25) is 5.91 Å². The fraction of sp³-hybridized carbons (Fsp3) is 0.500. The van der Waals surface area contributed by atoms with Crippen LogP contribution in [0.5, 0.6) is 0 Å². The second kappa shape index (κ2) is 7.20. The van der Waals surface area contributed by atoms with Gasteiger partial charge in [-0.05, 0) is 30.9 Å². The molecule has 4 nitrogen and oxygen atoms in total. The fourth-order valence-corrected chi connectivity index (χ4v) is 2.69. The number of rotatable bonds is 4. The normalized spacial score (nSPS) is 21.6. The van der Waals surface area contributed by atoms with Crippen LogP contribution in [0.1, 0.15) is 43.0 Å².